The molecule has 2 nitrogen and oxygen atoms in total. The van der Waals surface area contributed by atoms with Crippen LogP contribution in [-0.2, 0) is 6.42 Å². The average molecular weight is 297 g/mol. The molecule has 0 aromatic heterocycles. The Bertz CT molecular complexity index is 403. The predicted octanol–water partition coefficient (Wildman–Crippen LogP) is 3.97. The van der Waals surface area contributed by atoms with Crippen molar-refractivity contribution in [2.24, 2.45) is 0 Å². The fourth-order valence-electron chi connectivity index (χ4n) is 2.70. The minimum absolute atomic E-state index is 0.633. The lowest BCUT2D eigenvalue weighted by Crippen LogP contribution is -2.38. The van der Waals surface area contributed by atoms with Crippen molar-refractivity contribution in [2.45, 2.75) is 45.6 Å². The van der Waals surface area contributed by atoms with E-state index in [1.807, 2.05) is 6.07 Å². The summed E-state index contributed by atoms with van der Waals surface area (Å²) < 4.78 is 1.14. The highest BCUT2D eigenvalue weighted by Gasteiger charge is 2.22. The minimum Gasteiger partial charge on any atom is -0.399 e. The molecule has 1 aliphatic heterocycles. The Morgan fingerprint density at radius 1 is 1.41 bits per heavy atom. The zero-order valence-corrected chi connectivity index (χ0v) is 12.3. The SMILES string of the molecule is CCc1cc(N)cc(Br)c1N1CCCC[C@H]1C. The van der Waals surface area contributed by atoms with Gasteiger partial charge in [-0.1, -0.05) is 6.92 Å². The lowest BCUT2D eigenvalue weighted by molar-refractivity contribution is 0.483. The van der Waals surface area contributed by atoms with E-state index in [0.29, 0.717) is 6.04 Å². The maximum absolute atomic E-state index is 5.92. The van der Waals surface area contributed by atoms with Crippen molar-refractivity contribution >= 4 is 27.3 Å². The smallest absolute Gasteiger partial charge is 0.0547 e. The minimum atomic E-state index is 0.633. The van der Waals surface area contributed by atoms with Gasteiger partial charge in [0.1, 0.15) is 0 Å². The largest absolute Gasteiger partial charge is 0.399 e. The van der Waals surface area contributed by atoms with Gasteiger partial charge in [0, 0.05) is 22.7 Å². The molecular weight excluding hydrogens is 276 g/mol. The maximum atomic E-state index is 5.92. The van der Waals surface area contributed by atoms with Crippen LogP contribution in [-0.4, -0.2) is 12.6 Å². The molecule has 1 atom stereocenters. The molecule has 1 heterocycles. The maximum Gasteiger partial charge on any atom is 0.0547 e. The van der Waals surface area contributed by atoms with Crippen molar-refractivity contribution in [3.63, 3.8) is 0 Å². The second kappa shape index (κ2) is 5.30. The first kappa shape index (κ1) is 12.7. The first-order valence-electron chi connectivity index (χ1n) is 6.48. The fraction of sp³-hybridized carbons (Fsp3) is 0.571. The first-order chi connectivity index (χ1) is 8.13. The van der Waals surface area contributed by atoms with E-state index in [1.54, 1.807) is 0 Å². The summed E-state index contributed by atoms with van der Waals surface area (Å²) in [4.78, 5) is 2.53. The molecule has 1 fully saturated rings. The number of benzene rings is 1. The predicted molar refractivity (Wildman–Crippen MR) is 78.6 cm³/mol. The van der Waals surface area contributed by atoms with Gasteiger partial charge in [-0.25, -0.2) is 0 Å². The third kappa shape index (κ3) is 2.59. The van der Waals surface area contributed by atoms with Crippen molar-refractivity contribution in [1.82, 2.24) is 0 Å². The van der Waals surface area contributed by atoms with Gasteiger partial charge in [-0.05, 0) is 66.2 Å². The Hall–Kier alpha value is -0.700. The number of nitrogen functional groups attached to an aromatic ring is 1. The molecule has 3 heteroatoms. The summed E-state index contributed by atoms with van der Waals surface area (Å²) in [6, 6.07) is 4.77. The van der Waals surface area contributed by atoms with Crippen LogP contribution in [0.15, 0.2) is 16.6 Å². The summed E-state index contributed by atoms with van der Waals surface area (Å²) in [5.41, 5.74) is 9.48. The van der Waals surface area contributed by atoms with Crippen molar-refractivity contribution in [3.05, 3.63) is 22.2 Å². The summed E-state index contributed by atoms with van der Waals surface area (Å²) >= 11 is 3.68. The quantitative estimate of drug-likeness (QED) is 0.837. The number of piperidine rings is 1. The van der Waals surface area contributed by atoms with Gasteiger partial charge >= 0.3 is 0 Å². The second-order valence-corrected chi connectivity index (χ2v) is 5.76. The Balaban J connectivity index is 2.42. The summed E-state index contributed by atoms with van der Waals surface area (Å²) in [5, 5.41) is 0. The van der Waals surface area contributed by atoms with Crippen molar-refractivity contribution < 1.29 is 0 Å². The van der Waals surface area contributed by atoms with E-state index >= 15 is 0 Å². The first-order valence-corrected chi connectivity index (χ1v) is 7.27. The number of hydrogen-bond acceptors (Lipinski definition) is 2. The van der Waals surface area contributed by atoms with Crippen molar-refractivity contribution in [3.8, 4) is 0 Å². The molecule has 17 heavy (non-hydrogen) atoms. The number of aryl methyl sites for hydroxylation is 1. The molecule has 0 radical (unpaired) electrons. The normalized spacial score (nSPS) is 20.6. The average Bonchev–Trinajstić information content (AvgIpc) is 2.29. The Labute approximate surface area is 112 Å². The van der Waals surface area contributed by atoms with Crippen LogP contribution in [0, 0.1) is 0 Å². The van der Waals surface area contributed by atoms with Gasteiger partial charge < -0.3 is 10.6 Å². The van der Waals surface area contributed by atoms with Crippen LogP contribution in [0.1, 0.15) is 38.7 Å². The van der Waals surface area contributed by atoms with E-state index in [-0.39, 0.29) is 0 Å². The van der Waals surface area contributed by atoms with Crippen LogP contribution in [0.25, 0.3) is 0 Å². The van der Waals surface area contributed by atoms with Crippen molar-refractivity contribution in [2.75, 3.05) is 17.2 Å². The molecule has 1 aromatic carbocycles. The van der Waals surface area contributed by atoms with E-state index in [4.69, 9.17) is 5.73 Å². The van der Waals surface area contributed by atoms with Crippen LogP contribution in [0.3, 0.4) is 0 Å². The number of anilines is 2. The number of nitrogens with two attached hydrogens (primary N) is 1. The van der Waals surface area contributed by atoms with E-state index in [0.717, 1.165) is 23.1 Å². The highest BCUT2D eigenvalue weighted by Crippen LogP contribution is 2.36. The molecule has 2 N–H and O–H groups in total. The molecule has 1 aliphatic rings. The molecule has 0 spiro atoms. The number of rotatable bonds is 2. The van der Waals surface area contributed by atoms with Crippen molar-refractivity contribution in [1.29, 1.82) is 0 Å². The van der Waals surface area contributed by atoms with E-state index < -0.39 is 0 Å². The number of halogens is 1. The molecule has 0 amide bonds. The molecule has 0 aliphatic carbocycles. The van der Waals surface area contributed by atoms with Gasteiger partial charge in [-0.2, -0.15) is 0 Å². The van der Waals surface area contributed by atoms with Gasteiger partial charge in [-0.3, -0.25) is 0 Å². The molecule has 0 bridgehead atoms. The molecular formula is C14H21BrN2. The fourth-order valence-corrected chi connectivity index (χ4v) is 3.45. The highest BCUT2D eigenvalue weighted by molar-refractivity contribution is 9.10. The monoisotopic (exact) mass is 296 g/mol. The lowest BCUT2D eigenvalue weighted by atomic mass is 10.00. The zero-order valence-electron chi connectivity index (χ0n) is 10.7. The number of nitrogens with zero attached hydrogens (tertiary/aromatic N) is 1. The summed E-state index contributed by atoms with van der Waals surface area (Å²) in [6.45, 7) is 5.68. The Morgan fingerprint density at radius 2 is 2.18 bits per heavy atom. The summed E-state index contributed by atoms with van der Waals surface area (Å²) in [5.74, 6) is 0. The third-order valence-corrected chi connectivity index (χ3v) is 4.24. The number of hydrogen-bond donors (Lipinski definition) is 1. The van der Waals surface area contributed by atoms with E-state index in [2.05, 4.69) is 40.7 Å². The second-order valence-electron chi connectivity index (χ2n) is 4.90. The van der Waals surface area contributed by atoms with Gasteiger partial charge in [0.15, 0.2) is 0 Å². The summed E-state index contributed by atoms with van der Waals surface area (Å²) in [6.07, 6.45) is 4.97. The van der Waals surface area contributed by atoms with E-state index in [9.17, 15) is 0 Å². The van der Waals surface area contributed by atoms with Gasteiger partial charge in [-0.15, -0.1) is 0 Å². The lowest BCUT2D eigenvalue weighted by Gasteiger charge is -2.37. The molecule has 1 saturated heterocycles. The van der Waals surface area contributed by atoms with Gasteiger partial charge in [0.2, 0.25) is 0 Å². The van der Waals surface area contributed by atoms with Gasteiger partial charge in [0.05, 0.1) is 5.69 Å². The zero-order chi connectivity index (χ0) is 12.4. The molecule has 2 rings (SSSR count). The topological polar surface area (TPSA) is 29.3 Å². The molecule has 1 aromatic rings. The van der Waals surface area contributed by atoms with Crippen LogP contribution < -0.4 is 10.6 Å². The molecule has 0 unspecified atom stereocenters. The van der Waals surface area contributed by atoms with Crippen LogP contribution in [0.4, 0.5) is 11.4 Å². The highest BCUT2D eigenvalue weighted by atomic mass is 79.9. The van der Waals surface area contributed by atoms with Crippen LogP contribution >= 0.6 is 15.9 Å². The molecule has 0 saturated carbocycles. The summed E-state index contributed by atoms with van der Waals surface area (Å²) in [7, 11) is 0. The Morgan fingerprint density at radius 3 is 2.82 bits per heavy atom. The van der Waals surface area contributed by atoms with Gasteiger partial charge in [0.25, 0.3) is 0 Å². The molecule has 94 valence electrons. The van der Waals surface area contributed by atoms with E-state index in [1.165, 1.54) is 30.5 Å². The standard InChI is InChI=1S/C14H21BrN2/c1-3-11-8-12(16)9-13(15)14(11)17-7-5-4-6-10(17)2/h8-10H,3-7,16H2,1-2H3/t10-/m1/s1. The van der Waals surface area contributed by atoms with Crippen LogP contribution in [0.5, 0.6) is 0 Å². The Kier molecular flexibility index (Phi) is 3.97. The third-order valence-electron chi connectivity index (χ3n) is 3.64. The van der Waals surface area contributed by atoms with Crippen LogP contribution in [0.2, 0.25) is 0 Å².